The van der Waals surface area contributed by atoms with E-state index in [1.807, 2.05) is 43.3 Å². The van der Waals surface area contributed by atoms with E-state index in [0.717, 1.165) is 22.3 Å². The van der Waals surface area contributed by atoms with Crippen molar-refractivity contribution < 1.29 is 4.74 Å². The minimum atomic E-state index is 0.294. The first-order valence-corrected chi connectivity index (χ1v) is 6.32. The largest absolute Gasteiger partial charge is 0.423 e. The van der Waals surface area contributed by atoms with E-state index >= 15 is 0 Å². The molecule has 3 rings (SSSR count). The van der Waals surface area contributed by atoms with Crippen LogP contribution >= 0.6 is 0 Å². The fourth-order valence-corrected chi connectivity index (χ4v) is 1.97. The summed E-state index contributed by atoms with van der Waals surface area (Å²) in [7, 11) is 0. The molecular weight excluding hydrogens is 252 g/mol. The van der Waals surface area contributed by atoms with Crippen LogP contribution in [0.2, 0.25) is 0 Å². The SMILES string of the molecule is Cc1cc(CN)nc(Oc2cnc3ccccc3c2)n1. The standard InChI is InChI=1S/C15H14N4O/c1-10-6-12(8-16)19-15(18-10)20-13-7-11-4-2-3-5-14(11)17-9-13/h2-7,9H,8,16H2,1H3. The van der Waals surface area contributed by atoms with Gasteiger partial charge in [-0.05, 0) is 25.1 Å². The molecule has 0 aliphatic carbocycles. The first kappa shape index (κ1) is 12.5. The topological polar surface area (TPSA) is 73.9 Å². The van der Waals surface area contributed by atoms with E-state index in [2.05, 4.69) is 15.0 Å². The third-order valence-electron chi connectivity index (χ3n) is 2.87. The van der Waals surface area contributed by atoms with Gasteiger partial charge in [0.15, 0.2) is 0 Å². The highest BCUT2D eigenvalue weighted by Gasteiger charge is 2.05. The van der Waals surface area contributed by atoms with Gasteiger partial charge in [0.2, 0.25) is 0 Å². The summed E-state index contributed by atoms with van der Waals surface area (Å²) in [5, 5.41) is 1.01. The molecular formula is C15H14N4O. The average Bonchev–Trinajstić information content (AvgIpc) is 2.46. The van der Waals surface area contributed by atoms with Crippen LogP contribution in [0.5, 0.6) is 11.8 Å². The maximum Gasteiger partial charge on any atom is 0.322 e. The van der Waals surface area contributed by atoms with Crippen molar-refractivity contribution in [3.05, 3.63) is 54.0 Å². The van der Waals surface area contributed by atoms with Gasteiger partial charge in [0.1, 0.15) is 5.75 Å². The number of para-hydroxylation sites is 1. The Morgan fingerprint density at radius 2 is 2.00 bits per heavy atom. The summed E-state index contributed by atoms with van der Waals surface area (Å²) >= 11 is 0. The quantitative estimate of drug-likeness (QED) is 0.788. The molecule has 0 fully saturated rings. The average molecular weight is 266 g/mol. The number of hydrogen-bond donors (Lipinski definition) is 1. The normalized spacial score (nSPS) is 10.7. The lowest BCUT2D eigenvalue weighted by molar-refractivity contribution is 0.437. The number of benzene rings is 1. The summed E-state index contributed by atoms with van der Waals surface area (Å²) in [6, 6.07) is 11.9. The third-order valence-corrected chi connectivity index (χ3v) is 2.87. The second-order valence-corrected chi connectivity index (χ2v) is 4.45. The van der Waals surface area contributed by atoms with Crippen molar-refractivity contribution in [2.24, 2.45) is 5.73 Å². The molecule has 0 radical (unpaired) electrons. The number of fused-ring (bicyclic) bond motifs is 1. The molecule has 0 amide bonds. The van der Waals surface area contributed by atoms with E-state index in [-0.39, 0.29) is 0 Å². The summed E-state index contributed by atoms with van der Waals surface area (Å²) < 4.78 is 5.67. The number of aryl methyl sites for hydroxylation is 1. The molecule has 5 nitrogen and oxygen atoms in total. The van der Waals surface area contributed by atoms with Gasteiger partial charge < -0.3 is 10.5 Å². The number of ether oxygens (including phenoxy) is 1. The smallest absolute Gasteiger partial charge is 0.322 e. The Morgan fingerprint density at radius 3 is 2.85 bits per heavy atom. The van der Waals surface area contributed by atoms with Crippen molar-refractivity contribution in [2.45, 2.75) is 13.5 Å². The molecule has 2 aromatic heterocycles. The second-order valence-electron chi connectivity index (χ2n) is 4.45. The Labute approximate surface area is 116 Å². The first-order valence-electron chi connectivity index (χ1n) is 6.32. The van der Waals surface area contributed by atoms with Gasteiger partial charge in [-0.15, -0.1) is 0 Å². The van der Waals surface area contributed by atoms with Crippen molar-refractivity contribution in [1.29, 1.82) is 0 Å². The highest BCUT2D eigenvalue weighted by Crippen LogP contribution is 2.22. The molecule has 20 heavy (non-hydrogen) atoms. The maximum absolute atomic E-state index is 5.67. The Balaban J connectivity index is 1.94. The molecule has 0 unspecified atom stereocenters. The monoisotopic (exact) mass is 266 g/mol. The number of nitrogens with two attached hydrogens (primary N) is 1. The van der Waals surface area contributed by atoms with Crippen molar-refractivity contribution in [3.8, 4) is 11.8 Å². The van der Waals surface area contributed by atoms with Crippen molar-refractivity contribution in [3.63, 3.8) is 0 Å². The van der Waals surface area contributed by atoms with Crippen LogP contribution < -0.4 is 10.5 Å². The Morgan fingerprint density at radius 1 is 1.15 bits per heavy atom. The zero-order valence-electron chi connectivity index (χ0n) is 11.1. The zero-order valence-corrected chi connectivity index (χ0v) is 11.1. The van der Waals surface area contributed by atoms with E-state index in [9.17, 15) is 0 Å². The Hall–Kier alpha value is -2.53. The molecule has 0 saturated carbocycles. The van der Waals surface area contributed by atoms with Crippen LogP contribution in [-0.2, 0) is 6.54 Å². The fourth-order valence-electron chi connectivity index (χ4n) is 1.97. The van der Waals surface area contributed by atoms with E-state index in [1.165, 1.54) is 0 Å². The molecule has 100 valence electrons. The Bertz CT molecular complexity index is 758. The molecule has 2 N–H and O–H groups in total. The second kappa shape index (κ2) is 5.22. The van der Waals surface area contributed by atoms with Gasteiger partial charge in [0.25, 0.3) is 0 Å². The van der Waals surface area contributed by atoms with Crippen LogP contribution in [0.4, 0.5) is 0 Å². The number of aromatic nitrogens is 3. The van der Waals surface area contributed by atoms with Crippen LogP contribution in [-0.4, -0.2) is 15.0 Å². The van der Waals surface area contributed by atoms with Crippen LogP contribution in [0.3, 0.4) is 0 Å². The van der Waals surface area contributed by atoms with E-state index in [1.54, 1.807) is 6.20 Å². The van der Waals surface area contributed by atoms with Gasteiger partial charge in [-0.2, -0.15) is 4.98 Å². The van der Waals surface area contributed by atoms with Crippen molar-refractivity contribution >= 4 is 10.9 Å². The first-order chi connectivity index (χ1) is 9.74. The van der Waals surface area contributed by atoms with E-state index < -0.39 is 0 Å². The van der Waals surface area contributed by atoms with Crippen LogP contribution in [0.15, 0.2) is 42.6 Å². The summed E-state index contributed by atoms with van der Waals surface area (Å²) in [6.07, 6.45) is 1.66. The zero-order chi connectivity index (χ0) is 13.9. The molecule has 2 heterocycles. The molecule has 0 bridgehead atoms. The molecule has 1 aromatic carbocycles. The van der Waals surface area contributed by atoms with E-state index in [0.29, 0.717) is 18.3 Å². The Kier molecular flexibility index (Phi) is 3.26. The predicted octanol–water partition coefficient (Wildman–Crippen LogP) is 2.58. The highest BCUT2D eigenvalue weighted by atomic mass is 16.5. The lowest BCUT2D eigenvalue weighted by Gasteiger charge is -2.06. The predicted molar refractivity (Wildman–Crippen MR) is 76.5 cm³/mol. The molecule has 0 saturated heterocycles. The van der Waals surface area contributed by atoms with Crippen LogP contribution in [0, 0.1) is 6.92 Å². The van der Waals surface area contributed by atoms with Gasteiger partial charge in [0.05, 0.1) is 17.4 Å². The maximum atomic E-state index is 5.67. The molecule has 3 aromatic rings. The van der Waals surface area contributed by atoms with Crippen molar-refractivity contribution in [1.82, 2.24) is 15.0 Å². The number of pyridine rings is 1. The minimum absolute atomic E-state index is 0.294. The van der Waals surface area contributed by atoms with Gasteiger partial charge >= 0.3 is 6.01 Å². The van der Waals surface area contributed by atoms with Gasteiger partial charge in [0, 0.05) is 17.6 Å². The number of hydrogen-bond acceptors (Lipinski definition) is 5. The lowest BCUT2D eigenvalue weighted by Crippen LogP contribution is -2.03. The van der Waals surface area contributed by atoms with Crippen molar-refractivity contribution in [2.75, 3.05) is 0 Å². The van der Waals surface area contributed by atoms with Crippen LogP contribution in [0.1, 0.15) is 11.4 Å². The number of nitrogens with zero attached hydrogens (tertiary/aromatic N) is 3. The molecule has 0 spiro atoms. The summed E-state index contributed by atoms with van der Waals surface area (Å²) in [5.74, 6) is 0.609. The van der Waals surface area contributed by atoms with Crippen LogP contribution in [0.25, 0.3) is 10.9 Å². The van der Waals surface area contributed by atoms with Gasteiger partial charge in [-0.3, -0.25) is 4.98 Å². The molecule has 0 atom stereocenters. The number of rotatable bonds is 3. The summed E-state index contributed by atoms with van der Waals surface area (Å²) in [6.45, 7) is 2.24. The third kappa shape index (κ3) is 2.57. The van der Waals surface area contributed by atoms with Gasteiger partial charge in [-0.25, -0.2) is 4.98 Å². The minimum Gasteiger partial charge on any atom is -0.423 e. The summed E-state index contributed by atoms with van der Waals surface area (Å²) in [5.41, 5.74) is 8.10. The highest BCUT2D eigenvalue weighted by molar-refractivity contribution is 5.79. The molecule has 5 heteroatoms. The molecule has 0 aliphatic heterocycles. The lowest BCUT2D eigenvalue weighted by atomic mass is 10.2. The molecule has 0 aliphatic rings. The summed E-state index contributed by atoms with van der Waals surface area (Å²) in [4.78, 5) is 12.8. The van der Waals surface area contributed by atoms with Gasteiger partial charge in [-0.1, -0.05) is 18.2 Å². The van der Waals surface area contributed by atoms with E-state index in [4.69, 9.17) is 10.5 Å². The fraction of sp³-hybridized carbons (Fsp3) is 0.133.